The van der Waals surface area contributed by atoms with Crippen molar-refractivity contribution in [2.24, 2.45) is 0 Å². The molecule has 8 nitrogen and oxygen atoms in total. The fourth-order valence-electron chi connectivity index (χ4n) is 7.25. The van der Waals surface area contributed by atoms with Crippen molar-refractivity contribution in [2.75, 3.05) is 85.5 Å². The molecule has 2 fully saturated rings. The molecule has 4 aliphatic heterocycles. The molecule has 1 aliphatic carbocycles. The van der Waals surface area contributed by atoms with Crippen molar-refractivity contribution in [1.29, 1.82) is 0 Å². The Morgan fingerprint density at radius 2 is 1.41 bits per heavy atom. The van der Waals surface area contributed by atoms with Gasteiger partial charge in [0.1, 0.15) is 31.9 Å². The molecule has 196 valence electrons. The third kappa shape index (κ3) is 3.39. The van der Waals surface area contributed by atoms with E-state index in [0.29, 0.717) is 63.3 Å². The first-order chi connectivity index (χ1) is 18.2. The van der Waals surface area contributed by atoms with Gasteiger partial charge in [-0.25, -0.2) is 0 Å². The average Bonchev–Trinajstić information content (AvgIpc) is 3.11. The molecule has 0 N–H and O–H groups in total. The predicted molar refractivity (Wildman–Crippen MR) is 141 cm³/mol. The first-order valence-electron chi connectivity index (χ1n) is 13.9. The predicted octanol–water partition coefficient (Wildman–Crippen LogP) is 3.54. The fourth-order valence-corrected chi connectivity index (χ4v) is 7.25. The Labute approximate surface area is 217 Å². The summed E-state index contributed by atoms with van der Waals surface area (Å²) in [7, 11) is 0. The van der Waals surface area contributed by atoms with Crippen molar-refractivity contribution in [3.05, 3.63) is 29.3 Å². The molecule has 0 saturated carbocycles. The molecular formula is C29H36N2O6+2. The summed E-state index contributed by atoms with van der Waals surface area (Å²) in [6.07, 6.45) is 1.82. The fraction of sp³-hybridized carbons (Fsp3) is 0.552. The number of ether oxygens (including phenoxy) is 5. The lowest BCUT2D eigenvalue weighted by Gasteiger charge is -2.43. The summed E-state index contributed by atoms with van der Waals surface area (Å²) in [6.45, 7) is 11.9. The summed E-state index contributed by atoms with van der Waals surface area (Å²) in [5.41, 5.74) is 5.56. The van der Waals surface area contributed by atoms with Crippen molar-refractivity contribution < 1.29 is 28.5 Å². The van der Waals surface area contributed by atoms with Crippen molar-refractivity contribution >= 4 is 17.2 Å². The van der Waals surface area contributed by atoms with Gasteiger partial charge in [0.2, 0.25) is 11.4 Å². The molecule has 0 aromatic heterocycles. The molecule has 0 atom stereocenters. The maximum atomic E-state index is 14.2. The van der Waals surface area contributed by atoms with E-state index in [4.69, 9.17) is 23.7 Å². The van der Waals surface area contributed by atoms with Crippen LogP contribution in [-0.4, -0.2) is 91.3 Å². The summed E-state index contributed by atoms with van der Waals surface area (Å²) in [4.78, 5) is 14.2. The zero-order valence-electron chi connectivity index (χ0n) is 21.7. The monoisotopic (exact) mass is 508 g/mol. The number of hydrogen-bond donors (Lipinski definition) is 0. The van der Waals surface area contributed by atoms with Crippen LogP contribution in [0.2, 0.25) is 0 Å². The minimum atomic E-state index is 0.0142. The number of ketones is 1. The van der Waals surface area contributed by atoms with Gasteiger partial charge in [-0.05, 0) is 19.1 Å². The van der Waals surface area contributed by atoms with Crippen molar-refractivity contribution in [2.45, 2.75) is 19.8 Å². The standard InChI is InChI=1S/C29H36N2O6/c1-2-35-27-23-22-20-6-3-7-21(22)30(10-16-33-17-11-30)8-4-14-36-28(24(23)26(20)32)29-25(27)31(9-5-15-37-29)12-18-34-19-13-31/h3,6-7H,2,4-5,8-19H2,1H3/q+2. The van der Waals surface area contributed by atoms with Crippen LogP contribution in [0.25, 0.3) is 11.1 Å². The van der Waals surface area contributed by atoms with Crippen LogP contribution in [0.3, 0.4) is 0 Å². The molecule has 37 heavy (non-hydrogen) atoms. The SMILES string of the molecule is CCOc1c2c3c(c4c1[N+]1(CCCO4)CCOCC1)OCCC[N+]1(CCOCC1)c1cccc(c1-2)C3=O. The summed E-state index contributed by atoms with van der Waals surface area (Å²) in [6, 6.07) is 6.25. The van der Waals surface area contributed by atoms with Gasteiger partial charge in [0.05, 0.1) is 76.0 Å². The highest BCUT2D eigenvalue weighted by molar-refractivity contribution is 6.27. The normalized spacial score (nSPS) is 23.1. The minimum Gasteiger partial charge on any atom is -0.488 e. The molecule has 2 saturated heterocycles. The molecule has 0 unspecified atom stereocenters. The van der Waals surface area contributed by atoms with Gasteiger partial charge in [0.15, 0.2) is 17.3 Å². The minimum absolute atomic E-state index is 0.0142. The van der Waals surface area contributed by atoms with Gasteiger partial charge in [-0.2, -0.15) is 0 Å². The first kappa shape index (κ1) is 23.5. The lowest BCUT2D eigenvalue weighted by molar-refractivity contribution is 0.0385. The lowest BCUT2D eigenvalue weighted by Crippen LogP contribution is -2.57. The topological polar surface area (TPSA) is 63.2 Å². The Hall–Kier alpha value is -2.65. The van der Waals surface area contributed by atoms with Crippen LogP contribution in [0.1, 0.15) is 35.7 Å². The van der Waals surface area contributed by atoms with E-state index in [0.717, 1.165) is 89.2 Å². The van der Waals surface area contributed by atoms with Crippen LogP contribution in [-0.2, 0) is 9.47 Å². The number of carbonyl (C=O) groups is 1. The number of rotatable bonds is 2. The highest BCUT2D eigenvalue weighted by Gasteiger charge is 2.50. The van der Waals surface area contributed by atoms with Gasteiger partial charge in [0.25, 0.3) is 0 Å². The van der Waals surface area contributed by atoms with Crippen LogP contribution in [0.4, 0.5) is 11.4 Å². The van der Waals surface area contributed by atoms with Crippen molar-refractivity contribution in [1.82, 2.24) is 8.97 Å². The Bertz CT molecular complexity index is 1250. The molecule has 2 spiro atoms. The molecule has 2 aromatic rings. The Kier molecular flexibility index (Phi) is 5.69. The van der Waals surface area contributed by atoms with Crippen LogP contribution in [0.5, 0.6) is 17.2 Å². The number of quaternary nitrogens is 2. The van der Waals surface area contributed by atoms with E-state index in [1.807, 2.05) is 19.1 Å². The van der Waals surface area contributed by atoms with Crippen molar-refractivity contribution in [3.8, 4) is 28.4 Å². The third-order valence-electron chi connectivity index (χ3n) is 8.99. The molecule has 8 heteroatoms. The van der Waals surface area contributed by atoms with Gasteiger partial charge in [-0.1, -0.05) is 6.07 Å². The van der Waals surface area contributed by atoms with E-state index in [1.165, 1.54) is 5.69 Å². The summed E-state index contributed by atoms with van der Waals surface area (Å²) >= 11 is 0. The zero-order valence-corrected chi connectivity index (χ0v) is 21.7. The van der Waals surface area contributed by atoms with Crippen molar-refractivity contribution in [3.63, 3.8) is 0 Å². The van der Waals surface area contributed by atoms with Crippen LogP contribution in [0, 0.1) is 0 Å². The summed E-state index contributed by atoms with van der Waals surface area (Å²) in [5.74, 6) is 2.14. The van der Waals surface area contributed by atoms with Gasteiger partial charge in [-0.3, -0.25) is 13.8 Å². The average molecular weight is 509 g/mol. The third-order valence-corrected chi connectivity index (χ3v) is 8.99. The van der Waals surface area contributed by atoms with Gasteiger partial charge in [-0.15, -0.1) is 0 Å². The van der Waals surface area contributed by atoms with Crippen LogP contribution >= 0.6 is 0 Å². The highest BCUT2D eigenvalue weighted by atomic mass is 16.5. The lowest BCUT2D eigenvalue weighted by atomic mass is 9.96. The highest BCUT2D eigenvalue weighted by Crippen LogP contribution is 2.61. The second kappa shape index (κ2) is 8.98. The van der Waals surface area contributed by atoms with E-state index < -0.39 is 0 Å². The second-order valence-corrected chi connectivity index (χ2v) is 10.8. The van der Waals surface area contributed by atoms with Crippen LogP contribution < -0.4 is 23.2 Å². The smallest absolute Gasteiger partial charge is 0.227 e. The molecule has 5 aliphatic rings. The number of carbonyl (C=O) groups excluding carboxylic acids is 1. The van der Waals surface area contributed by atoms with Gasteiger partial charge < -0.3 is 23.7 Å². The van der Waals surface area contributed by atoms with Gasteiger partial charge in [0, 0.05) is 18.4 Å². The number of fused-ring (bicyclic) bond motifs is 4. The Balaban J connectivity index is 1.59. The quantitative estimate of drug-likeness (QED) is 0.494. The Morgan fingerprint density at radius 3 is 2.11 bits per heavy atom. The molecule has 2 aromatic carbocycles. The van der Waals surface area contributed by atoms with E-state index in [1.54, 1.807) is 0 Å². The first-order valence-corrected chi connectivity index (χ1v) is 13.9. The summed E-state index contributed by atoms with van der Waals surface area (Å²) < 4.78 is 32.8. The van der Waals surface area contributed by atoms with E-state index in [2.05, 4.69) is 6.07 Å². The molecule has 0 amide bonds. The molecular weight excluding hydrogens is 472 g/mol. The number of morpholine rings is 2. The molecule has 4 bridgehead atoms. The zero-order chi connectivity index (χ0) is 25.0. The van der Waals surface area contributed by atoms with Gasteiger partial charge >= 0.3 is 0 Å². The number of hydrogen-bond acceptors (Lipinski definition) is 6. The molecule has 7 rings (SSSR count). The second-order valence-electron chi connectivity index (χ2n) is 10.8. The number of nitrogens with zero attached hydrogens (tertiary/aromatic N) is 2. The van der Waals surface area contributed by atoms with Crippen LogP contribution in [0.15, 0.2) is 18.2 Å². The maximum Gasteiger partial charge on any atom is 0.227 e. The molecule has 4 heterocycles. The molecule has 0 radical (unpaired) electrons. The van der Waals surface area contributed by atoms with E-state index in [-0.39, 0.29) is 5.78 Å². The summed E-state index contributed by atoms with van der Waals surface area (Å²) in [5, 5.41) is 0. The van der Waals surface area contributed by atoms with E-state index >= 15 is 0 Å². The van der Waals surface area contributed by atoms with E-state index in [9.17, 15) is 4.79 Å². The maximum absolute atomic E-state index is 14.2. The Morgan fingerprint density at radius 1 is 0.757 bits per heavy atom. The largest absolute Gasteiger partial charge is 0.488 e. The number of benzene rings is 2.